The first-order valence-electron chi connectivity index (χ1n) is 14.2. The number of nitrogens with one attached hydrogen (secondary N) is 2. The maximum atomic E-state index is 13.0. The first-order chi connectivity index (χ1) is 22.3. The minimum Gasteiger partial charge on any atom is -0.493 e. The molecule has 6 rings (SSSR count). The van der Waals surface area contributed by atoms with Crippen molar-refractivity contribution >= 4 is 57.2 Å². The molecule has 0 bridgehead atoms. The summed E-state index contributed by atoms with van der Waals surface area (Å²) in [6.07, 6.45) is 7.76. The van der Waals surface area contributed by atoms with Crippen molar-refractivity contribution in [2.24, 2.45) is 0 Å². The second-order valence-electron chi connectivity index (χ2n) is 10.2. The number of aromatic nitrogens is 6. The summed E-state index contributed by atoms with van der Waals surface area (Å²) in [4.78, 5) is 44.8. The van der Waals surface area contributed by atoms with Gasteiger partial charge in [0, 0.05) is 37.9 Å². The van der Waals surface area contributed by atoms with Gasteiger partial charge in [0.2, 0.25) is 5.91 Å². The quantitative estimate of drug-likeness (QED) is 0.209. The van der Waals surface area contributed by atoms with Gasteiger partial charge < -0.3 is 25.2 Å². The molecule has 1 aliphatic heterocycles. The van der Waals surface area contributed by atoms with E-state index in [1.807, 2.05) is 31.2 Å². The molecular formula is C31H29ClN10O3S. The second kappa shape index (κ2) is 13.3. The molecule has 1 aliphatic rings. The number of carbonyl (C=O) groups is 2. The molecule has 0 spiro atoms. The normalized spacial score (nSPS) is 12.9. The van der Waals surface area contributed by atoms with Crippen LogP contribution >= 0.6 is 22.9 Å². The molecule has 2 amide bonds. The molecular weight excluding hydrogens is 628 g/mol. The van der Waals surface area contributed by atoms with E-state index < -0.39 is 0 Å². The zero-order valence-corrected chi connectivity index (χ0v) is 26.5. The molecule has 4 aromatic heterocycles. The Hall–Kier alpha value is -5.34. The smallest absolute Gasteiger partial charge is 0.267 e. The minimum atomic E-state index is -0.324. The highest BCUT2D eigenvalue weighted by atomic mass is 35.5. The van der Waals surface area contributed by atoms with E-state index in [4.69, 9.17) is 26.3 Å². The van der Waals surface area contributed by atoms with Crippen LogP contribution in [0.25, 0.3) is 16.9 Å². The number of hydrogen-bond acceptors (Lipinski definition) is 11. The highest BCUT2D eigenvalue weighted by molar-refractivity contribution is 7.17. The van der Waals surface area contributed by atoms with Crippen LogP contribution in [-0.4, -0.2) is 79.9 Å². The van der Waals surface area contributed by atoms with Crippen LogP contribution in [-0.2, 0) is 4.79 Å². The van der Waals surface area contributed by atoms with Crippen LogP contribution in [0.15, 0.2) is 73.8 Å². The zero-order valence-electron chi connectivity index (χ0n) is 25.0. The molecule has 5 heterocycles. The summed E-state index contributed by atoms with van der Waals surface area (Å²) < 4.78 is 5.56. The summed E-state index contributed by atoms with van der Waals surface area (Å²) in [5.41, 5.74) is 3.41. The number of aryl methyl sites for hydroxylation is 1. The monoisotopic (exact) mass is 656 g/mol. The highest BCUT2D eigenvalue weighted by Gasteiger charge is 2.24. The van der Waals surface area contributed by atoms with Crippen LogP contribution in [0.2, 0.25) is 5.02 Å². The Morgan fingerprint density at radius 2 is 1.85 bits per heavy atom. The van der Waals surface area contributed by atoms with E-state index in [-0.39, 0.29) is 11.8 Å². The number of ether oxygens (including phenoxy) is 1. The summed E-state index contributed by atoms with van der Waals surface area (Å²) in [7, 11) is 1.55. The number of piperazine rings is 1. The van der Waals surface area contributed by atoms with Gasteiger partial charge in [-0.15, -0.1) is 4.80 Å². The fourth-order valence-corrected chi connectivity index (χ4v) is 5.93. The van der Waals surface area contributed by atoms with E-state index in [2.05, 4.69) is 37.3 Å². The first kappa shape index (κ1) is 30.7. The van der Waals surface area contributed by atoms with Crippen molar-refractivity contribution in [1.29, 1.82) is 0 Å². The summed E-state index contributed by atoms with van der Waals surface area (Å²) in [6.45, 7) is 7.76. The lowest BCUT2D eigenvalue weighted by molar-refractivity contribution is -0.126. The number of para-hydroxylation sites is 1. The van der Waals surface area contributed by atoms with Gasteiger partial charge in [0.05, 0.1) is 42.1 Å². The Kier molecular flexibility index (Phi) is 8.90. The Balaban J connectivity index is 1.25. The van der Waals surface area contributed by atoms with Gasteiger partial charge in [-0.2, -0.15) is 10.2 Å². The molecule has 1 fully saturated rings. The van der Waals surface area contributed by atoms with Crippen molar-refractivity contribution in [3.63, 3.8) is 0 Å². The van der Waals surface area contributed by atoms with Gasteiger partial charge in [-0.3, -0.25) is 9.59 Å². The average molecular weight is 657 g/mol. The van der Waals surface area contributed by atoms with Gasteiger partial charge in [0.15, 0.2) is 22.5 Å². The van der Waals surface area contributed by atoms with E-state index in [9.17, 15) is 9.59 Å². The number of nitrogens with zero attached hydrogens (tertiary/aromatic N) is 8. The summed E-state index contributed by atoms with van der Waals surface area (Å²) in [5, 5.41) is 15.7. The number of pyridine rings is 2. The minimum absolute atomic E-state index is 0.0867. The summed E-state index contributed by atoms with van der Waals surface area (Å²) >= 11 is 7.46. The van der Waals surface area contributed by atoms with E-state index >= 15 is 0 Å². The Morgan fingerprint density at radius 1 is 1.07 bits per heavy atom. The van der Waals surface area contributed by atoms with Gasteiger partial charge in [0.25, 0.3) is 5.91 Å². The van der Waals surface area contributed by atoms with Crippen LogP contribution in [0, 0.1) is 6.92 Å². The van der Waals surface area contributed by atoms with Crippen molar-refractivity contribution in [2.75, 3.05) is 48.8 Å². The highest BCUT2D eigenvalue weighted by Crippen LogP contribution is 2.33. The van der Waals surface area contributed by atoms with Crippen molar-refractivity contribution in [3.8, 4) is 22.7 Å². The first-order valence-corrected chi connectivity index (χ1v) is 15.4. The fraction of sp³-hybridized carbons (Fsp3) is 0.194. The van der Waals surface area contributed by atoms with Crippen LogP contribution in [0.4, 0.5) is 22.5 Å². The summed E-state index contributed by atoms with van der Waals surface area (Å²) in [6, 6.07) is 11.0. The van der Waals surface area contributed by atoms with Gasteiger partial charge in [-0.1, -0.05) is 41.6 Å². The topological polar surface area (TPSA) is 143 Å². The lowest BCUT2D eigenvalue weighted by Crippen LogP contribution is -2.48. The number of amides is 2. The largest absolute Gasteiger partial charge is 0.493 e. The Morgan fingerprint density at radius 3 is 2.57 bits per heavy atom. The number of thiazole rings is 1. The number of hydrogen-bond donors (Lipinski definition) is 2. The number of halogens is 1. The van der Waals surface area contributed by atoms with E-state index in [0.717, 1.165) is 11.1 Å². The van der Waals surface area contributed by atoms with Crippen molar-refractivity contribution in [1.82, 2.24) is 34.8 Å². The standard InChI is InChI=1S/C31H29ClN10O3S/c1-4-26(43)40-12-14-41(15-13-40)29-23(42-35-10-11-36-42)16-20(17-33-29)22-8-9-24(45-3)28(37-22)39-31-34-18-25(46-31)30(44)38-27-19(2)6-5-7-21(27)32/h4-11,16-18H,1,12-15H2,2-3H3,(H,38,44)(H,34,37,39). The molecule has 0 radical (unpaired) electrons. The van der Waals surface area contributed by atoms with E-state index in [1.165, 1.54) is 28.4 Å². The van der Waals surface area contributed by atoms with Gasteiger partial charge in [0.1, 0.15) is 10.6 Å². The molecule has 5 aromatic rings. The zero-order chi connectivity index (χ0) is 32.2. The van der Waals surface area contributed by atoms with Crippen LogP contribution < -0.4 is 20.3 Å². The van der Waals surface area contributed by atoms with Gasteiger partial charge in [-0.25, -0.2) is 15.0 Å². The average Bonchev–Trinajstić information content (AvgIpc) is 3.79. The molecule has 0 atom stereocenters. The number of carbonyl (C=O) groups excluding carboxylic acids is 2. The van der Waals surface area contributed by atoms with Crippen LogP contribution in [0.3, 0.4) is 0 Å². The molecule has 0 saturated carbocycles. The Labute approximate surface area is 273 Å². The van der Waals surface area contributed by atoms with Crippen LogP contribution in [0.1, 0.15) is 15.2 Å². The molecule has 15 heteroatoms. The molecule has 2 N–H and O–H groups in total. The van der Waals surface area contributed by atoms with Crippen LogP contribution in [0.5, 0.6) is 5.75 Å². The predicted octanol–water partition coefficient (Wildman–Crippen LogP) is 4.98. The third kappa shape index (κ3) is 6.39. The number of rotatable bonds is 9. The number of methoxy groups -OCH3 is 1. The third-order valence-corrected chi connectivity index (χ3v) is 8.56. The molecule has 1 aromatic carbocycles. The molecule has 46 heavy (non-hydrogen) atoms. The lowest BCUT2D eigenvalue weighted by atomic mass is 10.1. The maximum Gasteiger partial charge on any atom is 0.267 e. The number of anilines is 4. The number of benzene rings is 1. The molecule has 0 unspecified atom stereocenters. The van der Waals surface area contributed by atoms with Crippen molar-refractivity contribution in [3.05, 3.63) is 89.3 Å². The lowest BCUT2D eigenvalue weighted by Gasteiger charge is -2.35. The fourth-order valence-electron chi connectivity index (χ4n) is 4.95. The van der Waals surface area contributed by atoms with Gasteiger partial charge >= 0.3 is 0 Å². The van der Waals surface area contributed by atoms with Gasteiger partial charge in [-0.05, 0) is 42.8 Å². The van der Waals surface area contributed by atoms with Crippen molar-refractivity contribution < 1.29 is 14.3 Å². The predicted molar refractivity (Wildman–Crippen MR) is 177 cm³/mol. The third-order valence-electron chi connectivity index (χ3n) is 7.34. The van der Waals surface area contributed by atoms with E-state index in [1.54, 1.807) is 42.7 Å². The SMILES string of the molecule is C=CC(=O)N1CCN(c2ncc(-c3ccc(OC)c(Nc4ncc(C(=O)Nc5c(C)cccc5Cl)s4)n3)cc2-n2nccn2)CC1. The molecule has 234 valence electrons. The maximum absolute atomic E-state index is 13.0. The molecule has 13 nitrogen and oxygen atoms in total. The second-order valence-corrected chi connectivity index (χ2v) is 11.6. The molecule has 1 saturated heterocycles. The summed E-state index contributed by atoms with van der Waals surface area (Å²) in [5.74, 6) is 1.18. The van der Waals surface area contributed by atoms with Crippen molar-refractivity contribution in [2.45, 2.75) is 6.92 Å². The van der Waals surface area contributed by atoms with E-state index in [0.29, 0.717) is 75.7 Å². The molecule has 0 aliphatic carbocycles. The Bertz CT molecular complexity index is 1880.